The highest BCUT2D eigenvalue weighted by Crippen LogP contribution is 2.39. The van der Waals surface area contributed by atoms with Crippen LogP contribution in [0.1, 0.15) is 11.1 Å². The van der Waals surface area contributed by atoms with Gasteiger partial charge in [-0.05, 0) is 50.0 Å². The van der Waals surface area contributed by atoms with E-state index >= 15 is 0 Å². The van der Waals surface area contributed by atoms with Crippen LogP contribution >= 0.6 is 0 Å². The first-order valence-corrected chi connectivity index (χ1v) is 14.8. The van der Waals surface area contributed by atoms with E-state index in [2.05, 4.69) is 10.6 Å². The maximum absolute atomic E-state index is 13.1. The molecule has 0 spiro atoms. The topological polar surface area (TPSA) is 145 Å². The number of carbonyl (C=O) groups is 2. The van der Waals surface area contributed by atoms with Gasteiger partial charge in [0.2, 0.25) is 15.9 Å². The van der Waals surface area contributed by atoms with Gasteiger partial charge in [0.25, 0.3) is 11.6 Å². The molecular weight excluding hydrogens is 560 g/mol. The zero-order valence-corrected chi connectivity index (χ0v) is 24.5. The second kappa shape index (κ2) is 12.4. The van der Waals surface area contributed by atoms with Crippen molar-refractivity contribution in [3.63, 3.8) is 0 Å². The fourth-order valence-electron chi connectivity index (χ4n) is 4.37. The van der Waals surface area contributed by atoms with Crippen molar-refractivity contribution in [3.05, 3.63) is 94.0 Å². The molecule has 0 aliphatic carbocycles. The number of rotatable bonds is 11. The van der Waals surface area contributed by atoms with Gasteiger partial charge in [-0.25, -0.2) is 8.42 Å². The van der Waals surface area contributed by atoms with E-state index in [0.29, 0.717) is 47.0 Å². The second-order valence-corrected chi connectivity index (χ2v) is 12.0. The smallest absolute Gasteiger partial charge is 0.270 e. The number of likely N-dealkylation sites (N-methyl/N-ethyl adjacent to an activating group) is 2. The number of anilines is 3. The third-order valence-corrected chi connectivity index (χ3v) is 7.82. The number of nitro groups is 1. The molecule has 0 bridgehead atoms. The Morgan fingerprint density at radius 1 is 0.976 bits per heavy atom. The standard InChI is InChI=1S/C29H32N6O6S/c1-32(2)16-17-33(3)26(36)19-34(42(4,40)41)22-12-10-21(11-13-22)30-28(20-8-6-5-7-9-20)27-24-18-23(35(38)39)14-15-25(24)31-29(27)37/h5-15,18,30H,16-17,19H2,1-4H3,(H,31,37)/b28-27-. The number of non-ortho nitro benzene ring substituents is 1. The minimum atomic E-state index is -3.78. The number of nitrogens with one attached hydrogen (secondary N) is 2. The molecule has 0 atom stereocenters. The predicted molar refractivity (Wildman–Crippen MR) is 163 cm³/mol. The molecule has 2 N–H and O–H groups in total. The summed E-state index contributed by atoms with van der Waals surface area (Å²) in [6, 6.07) is 19.6. The Labute approximate surface area is 244 Å². The first kappa shape index (κ1) is 30.2. The molecular formula is C29H32N6O6S. The minimum Gasteiger partial charge on any atom is -0.354 e. The van der Waals surface area contributed by atoms with E-state index in [4.69, 9.17) is 0 Å². The highest BCUT2D eigenvalue weighted by atomic mass is 32.2. The van der Waals surface area contributed by atoms with Gasteiger partial charge in [-0.15, -0.1) is 0 Å². The average molecular weight is 593 g/mol. The van der Waals surface area contributed by atoms with E-state index < -0.39 is 20.9 Å². The fourth-order valence-corrected chi connectivity index (χ4v) is 5.22. The maximum Gasteiger partial charge on any atom is 0.270 e. The van der Waals surface area contributed by atoms with Gasteiger partial charge < -0.3 is 20.4 Å². The number of hydrogen-bond donors (Lipinski definition) is 2. The van der Waals surface area contributed by atoms with E-state index in [9.17, 15) is 28.1 Å². The number of sulfonamides is 1. The Kier molecular flexibility index (Phi) is 8.93. The molecule has 2 amide bonds. The summed E-state index contributed by atoms with van der Waals surface area (Å²) in [5, 5.41) is 17.4. The summed E-state index contributed by atoms with van der Waals surface area (Å²) in [6.45, 7) is 0.726. The Bertz CT molecular complexity index is 1640. The SMILES string of the molecule is CN(C)CCN(C)C(=O)CN(c1ccc(N/C(=C2\C(=O)Nc3ccc([N+](=O)[O-])cc32)c2ccccc2)cc1)S(C)(=O)=O. The monoisotopic (exact) mass is 592 g/mol. The number of nitrogens with zero attached hydrogens (tertiary/aromatic N) is 4. The number of nitro benzene ring substituents is 1. The molecule has 4 rings (SSSR count). The molecule has 0 fully saturated rings. The van der Waals surface area contributed by atoms with Gasteiger partial charge in [0.15, 0.2) is 0 Å². The summed E-state index contributed by atoms with van der Waals surface area (Å²) in [6.07, 6.45) is 1.04. The van der Waals surface area contributed by atoms with Crippen LogP contribution in [0.2, 0.25) is 0 Å². The normalized spacial score (nSPS) is 13.8. The number of carbonyl (C=O) groups excluding carboxylic acids is 2. The highest BCUT2D eigenvalue weighted by molar-refractivity contribution is 7.92. The molecule has 0 saturated heterocycles. The predicted octanol–water partition coefficient (Wildman–Crippen LogP) is 3.31. The minimum absolute atomic E-state index is 0.151. The molecule has 1 aliphatic rings. The Balaban J connectivity index is 1.68. The van der Waals surface area contributed by atoms with Crippen molar-refractivity contribution in [2.45, 2.75) is 0 Å². The van der Waals surface area contributed by atoms with Gasteiger partial charge in [0.1, 0.15) is 6.54 Å². The number of hydrogen-bond acceptors (Lipinski definition) is 8. The van der Waals surface area contributed by atoms with Crippen molar-refractivity contribution in [3.8, 4) is 0 Å². The van der Waals surface area contributed by atoms with Crippen LogP contribution < -0.4 is 14.9 Å². The molecule has 3 aromatic carbocycles. The maximum atomic E-state index is 13.1. The van der Waals surface area contributed by atoms with Crippen LogP contribution in [0, 0.1) is 10.1 Å². The van der Waals surface area contributed by atoms with Crippen molar-refractivity contribution in [2.24, 2.45) is 0 Å². The molecule has 220 valence electrons. The van der Waals surface area contributed by atoms with Crippen LogP contribution in [0.25, 0.3) is 11.3 Å². The third-order valence-electron chi connectivity index (χ3n) is 6.68. The van der Waals surface area contributed by atoms with E-state index in [0.717, 1.165) is 10.6 Å². The number of fused-ring (bicyclic) bond motifs is 1. The molecule has 0 unspecified atom stereocenters. The van der Waals surface area contributed by atoms with Crippen molar-refractivity contribution in [1.82, 2.24) is 9.80 Å². The van der Waals surface area contributed by atoms with E-state index in [-0.39, 0.29) is 23.7 Å². The van der Waals surface area contributed by atoms with Crippen molar-refractivity contribution in [2.75, 3.05) is 62.0 Å². The molecule has 13 heteroatoms. The van der Waals surface area contributed by atoms with Crippen LogP contribution in [-0.2, 0) is 19.6 Å². The Hall–Kier alpha value is -4.75. The van der Waals surface area contributed by atoms with Crippen molar-refractivity contribution in [1.29, 1.82) is 0 Å². The van der Waals surface area contributed by atoms with Crippen LogP contribution in [0.3, 0.4) is 0 Å². The Morgan fingerprint density at radius 2 is 1.64 bits per heavy atom. The van der Waals surface area contributed by atoms with Crippen LogP contribution in [0.15, 0.2) is 72.8 Å². The molecule has 1 heterocycles. The average Bonchev–Trinajstić information content (AvgIpc) is 3.28. The summed E-state index contributed by atoms with van der Waals surface area (Å²) in [4.78, 5) is 40.3. The van der Waals surface area contributed by atoms with E-state index in [1.54, 1.807) is 55.6 Å². The summed E-state index contributed by atoms with van der Waals surface area (Å²) >= 11 is 0. The number of amides is 2. The van der Waals surface area contributed by atoms with Gasteiger partial charge in [-0.2, -0.15) is 0 Å². The summed E-state index contributed by atoms with van der Waals surface area (Å²) in [7, 11) is 1.62. The second-order valence-electron chi connectivity index (χ2n) is 10.1. The lowest BCUT2D eigenvalue weighted by atomic mass is 9.99. The molecule has 42 heavy (non-hydrogen) atoms. The van der Waals surface area contributed by atoms with Gasteiger partial charge in [0, 0.05) is 49.2 Å². The highest BCUT2D eigenvalue weighted by Gasteiger charge is 2.30. The lowest BCUT2D eigenvalue weighted by Gasteiger charge is -2.26. The first-order valence-electron chi connectivity index (χ1n) is 13.0. The van der Waals surface area contributed by atoms with Gasteiger partial charge in [-0.3, -0.25) is 24.0 Å². The van der Waals surface area contributed by atoms with Crippen LogP contribution in [0.4, 0.5) is 22.7 Å². The van der Waals surface area contributed by atoms with Gasteiger partial charge in [-0.1, -0.05) is 30.3 Å². The van der Waals surface area contributed by atoms with Gasteiger partial charge in [0.05, 0.1) is 28.1 Å². The fraction of sp³-hybridized carbons (Fsp3) is 0.241. The van der Waals surface area contributed by atoms with Crippen LogP contribution in [-0.4, -0.2) is 82.0 Å². The molecule has 0 saturated carbocycles. The zero-order valence-electron chi connectivity index (χ0n) is 23.7. The molecule has 1 aliphatic heterocycles. The molecule has 0 aromatic heterocycles. The van der Waals surface area contributed by atoms with Gasteiger partial charge >= 0.3 is 0 Å². The molecule has 0 radical (unpaired) electrons. The number of benzene rings is 3. The Morgan fingerprint density at radius 3 is 2.24 bits per heavy atom. The summed E-state index contributed by atoms with van der Waals surface area (Å²) < 4.78 is 26.3. The first-order chi connectivity index (χ1) is 19.8. The lowest BCUT2D eigenvalue weighted by Crippen LogP contribution is -2.43. The summed E-state index contributed by atoms with van der Waals surface area (Å²) in [5.74, 6) is -0.769. The van der Waals surface area contributed by atoms with Crippen molar-refractivity contribution < 1.29 is 22.9 Å². The van der Waals surface area contributed by atoms with E-state index in [1.807, 2.05) is 25.1 Å². The quantitative estimate of drug-likeness (QED) is 0.196. The lowest BCUT2D eigenvalue weighted by molar-refractivity contribution is -0.384. The molecule has 12 nitrogen and oxygen atoms in total. The largest absolute Gasteiger partial charge is 0.354 e. The van der Waals surface area contributed by atoms with Crippen molar-refractivity contribution >= 4 is 55.9 Å². The molecule has 3 aromatic rings. The summed E-state index contributed by atoms with van der Waals surface area (Å²) in [5.41, 5.74) is 2.82. The third kappa shape index (κ3) is 6.93. The van der Waals surface area contributed by atoms with Crippen LogP contribution in [0.5, 0.6) is 0 Å². The zero-order chi connectivity index (χ0) is 30.6. The van der Waals surface area contributed by atoms with E-state index in [1.165, 1.54) is 23.1 Å².